The zero-order chi connectivity index (χ0) is 38.1. The normalized spacial score (nSPS) is 36.9. The Kier molecular flexibility index (Phi) is 9.05. The van der Waals surface area contributed by atoms with Gasteiger partial charge in [0.25, 0.3) is 0 Å². The number of nitrogens with zero attached hydrogens (tertiary/aromatic N) is 1. The Balaban J connectivity index is 0.958. The van der Waals surface area contributed by atoms with Crippen LogP contribution in [0.15, 0.2) is 161 Å². The van der Waals surface area contributed by atoms with Crippen LogP contribution >= 0.6 is 0 Å². The average molecular weight is 750 g/mol. The smallest absolute Gasteiger partial charge is 0.0596 e. The molecule has 2 saturated carbocycles. The topological polar surface area (TPSA) is 3.24 Å². The third-order valence-corrected chi connectivity index (χ3v) is 17.0. The molecule has 0 heterocycles. The van der Waals surface area contributed by atoms with Crippen LogP contribution in [0.4, 0.5) is 0 Å². The van der Waals surface area contributed by atoms with Gasteiger partial charge in [0, 0.05) is 29.6 Å². The minimum absolute atomic E-state index is 0.0271. The molecule has 0 N–H and O–H groups in total. The first-order chi connectivity index (χ1) is 28.0. The Bertz CT molecular complexity index is 2190. The molecule has 11 rings (SSSR count). The number of allylic oxidation sites excluding steroid dienone is 23. The first-order valence-electron chi connectivity index (χ1n) is 23.2. The number of benzene rings is 1. The van der Waals surface area contributed by atoms with Crippen molar-refractivity contribution in [3.05, 3.63) is 172 Å². The van der Waals surface area contributed by atoms with Crippen molar-refractivity contribution in [3.8, 4) is 0 Å². The fraction of sp³-hybridized carbons (Fsp3) is 0.464. The molecule has 0 bridgehead atoms. The van der Waals surface area contributed by atoms with Gasteiger partial charge in [-0.25, -0.2) is 0 Å². The molecule has 1 nitrogen and oxygen atoms in total. The molecular formula is C56H63N. The molecule has 2 fully saturated rings. The second kappa shape index (κ2) is 14.3. The van der Waals surface area contributed by atoms with Crippen LogP contribution in [-0.4, -0.2) is 17.0 Å². The molecular weight excluding hydrogens is 687 g/mol. The van der Waals surface area contributed by atoms with Gasteiger partial charge in [0.05, 0.1) is 5.41 Å². The summed E-state index contributed by atoms with van der Waals surface area (Å²) >= 11 is 0. The predicted octanol–water partition coefficient (Wildman–Crippen LogP) is 14.0. The lowest BCUT2D eigenvalue weighted by Crippen LogP contribution is -2.48. The van der Waals surface area contributed by atoms with Gasteiger partial charge in [0.1, 0.15) is 0 Å². The molecule has 9 atom stereocenters. The lowest BCUT2D eigenvalue weighted by Gasteiger charge is -2.50. The van der Waals surface area contributed by atoms with E-state index < -0.39 is 0 Å². The highest BCUT2D eigenvalue weighted by Gasteiger charge is 2.56. The summed E-state index contributed by atoms with van der Waals surface area (Å²) in [6.07, 6.45) is 59.3. The molecule has 0 spiro atoms. The Morgan fingerprint density at radius 2 is 1.56 bits per heavy atom. The number of hydrogen-bond donors (Lipinski definition) is 0. The Labute approximate surface area is 343 Å². The highest BCUT2D eigenvalue weighted by Crippen LogP contribution is 2.63. The summed E-state index contributed by atoms with van der Waals surface area (Å²) in [7, 11) is 0. The van der Waals surface area contributed by atoms with Crippen LogP contribution in [-0.2, 0) is 5.41 Å². The van der Waals surface area contributed by atoms with E-state index in [1.807, 2.05) is 0 Å². The standard InChI is InChI=1S/C56H63N/c1-55(2)51-24-11-8-20-47(51)50-36-35-44(37-54(50)55)57(42-31-27-39(28-32-42)46-23-14-16-38-15-6-7-19-45(38)46)43-33-29-41(30-34-43)56(40-17-4-3-5-18-40)52-25-12-9-21-48(52)49-22-10-13-26-53(49)56/h6-12,14-17,19-25,27,29,31,38,43-45,47,50-51,54H,3-5,13,18,26,28,30,32-37H2,1-2H3. The maximum atomic E-state index is 3.07. The van der Waals surface area contributed by atoms with Crippen LogP contribution in [0.2, 0.25) is 0 Å². The lowest BCUT2D eigenvalue weighted by atomic mass is 9.60. The molecule has 0 aliphatic heterocycles. The van der Waals surface area contributed by atoms with E-state index in [9.17, 15) is 0 Å². The van der Waals surface area contributed by atoms with Crippen molar-refractivity contribution in [2.24, 2.45) is 40.9 Å². The molecule has 10 aliphatic carbocycles. The molecule has 292 valence electrons. The van der Waals surface area contributed by atoms with Crippen molar-refractivity contribution in [1.82, 2.24) is 4.90 Å². The van der Waals surface area contributed by atoms with E-state index in [-0.39, 0.29) is 5.41 Å². The summed E-state index contributed by atoms with van der Waals surface area (Å²) in [5.41, 5.74) is 14.8. The molecule has 1 aromatic carbocycles. The summed E-state index contributed by atoms with van der Waals surface area (Å²) in [6.45, 7) is 5.24. The van der Waals surface area contributed by atoms with Gasteiger partial charge in [0.15, 0.2) is 0 Å². The molecule has 1 aromatic rings. The van der Waals surface area contributed by atoms with Crippen LogP contribution in [0.3, 0.4) is 0 Å². The van der Waals surface area contributed by atoms with Crippen molar-refractivity contribution >= 4 is 5.57 Å². The maximum Gasteiger partial charge on any atom is 0.0596 e. The molecule has 0 aromatic heterocycles. The van der Waals surface area contributed by atoms with Gasteiger partial charge in [-0.3, -0.25) is 0 Å². The third-order valence-electron chi connectivity index (χ3n) is 17.0. The van der Waals surface area contributed by atoms with Crippen molar-refractivity contribution in [2.45, 2.75) is 121 Å². The highest BCUT2D eigenvalue weighted by molar-refractivity contribution is 5.90. The Hall–Kier alpha value is -4.10. The van der Waals surface area contributed by atoms with Crippen LogP contribution in [0, 0.1) is 40.9 Å². The van der Waals surface area contributed by atoms with E-state index in [1.54, 1.807) is 39.1 Å². The van der Waals surface area contributed by atoms with Crippen LogP contribution < -0.4 is 0 Å². The first kappa shape index (κ1) is 36.0. The van der Waals surface area contributed by atoms with E-state index in [4.69, 9.17) is 0 Å². The van der Waals surface area contributed by atoms with Crippen molar-refractivity contribution in [2.75, 3.05) is 0 Å². The van der Waals surface area contributed by atoms with Crippen LogP contribution in [0.5, 0.6) is 0 Å². The summed E-state index contributed by atoms with van der Waals surface area (Å²) in [5, 5.41) is 0. The van der Waals surface area contributed by atoms with Crippen molar-refractivity contribution < 1.29 is 0 Å². The van der Waals surface area contributed by atoms with E-state index >= 15 is 0 Å². The second-order valence-electron chi connectivity index (χ2n) is 19.8. The Morgan fingerprint density at radius 3 is 2.42 bits per heavy atom. The summed E-state index contributed by atoms with van der Waals surface area (Å²) < 4.78 is 0. The monoisotopic (exact) mass is 749 g/mol. The van der Waals surface area contributed by atoms with Crippen LogP contribution in [0.1, 0.15) is 115 Å². The van der Waals surface area contributed by atoms with Crippen LogP contribution in [0.25, 0.3) is 5.57 Å². The molecule has 10 aliphatic rings. The fourth-order valence-corrected chi connectivity index (χ4v) is 14.5. The van der Waals surface area contributed by atoms with Gasteiger partial charge in [0.2, 0.25) is 0 Å². The number of fused-ring (bicyclic) bond motifs is 6. The molecule has 9 unspecified atom stereocenters. The van der Waals surface area contributed by atoms with E-state index in [1.165, 1.54) is 88.2 Å². The minimum Gasteiger partial charge on any atom is -0.369 e. The average Bonchev–Trinajstić information content (AvgIpc) is 3.70. The largest absolute Gasteiger partial charge is 0.369 e. The third kappa shape index (κ3) is 5.68. The van der Waals surface area contributed by atoms with E-state index in [0.717, 1.165) is 30.6 Å². The molecule has 1 heteroatoms. The number of rotatable bonds is 6. The van der Waals surface area contributed by atoms with Gasteiger partial charge in [-0.15, -0.1) is 0 Å². The second-order valence-corrected chi connectivity index (χ2v) is 19.8. The SMILES string of the molecule is CC1(C)C2C=CC=CC2C2CCC(N(C3=CC=C(C4=CC=CC5C=CC=CC45)CC3)C3CC=C(C4(C5=CCCCC5)C5=C(C=CCC5)c5ccccc54)CC3)CC21. The lowest BCUT2D eigenvalue weighted by molar-refractivity contribution is 0.0555. The van der Waals surface area contributed by atoms with Gasteiger partial charge < -0.3 is 4.90 Å². The highest BCUT2D eigenvalue weighted by atomic mass is 15.2. The summed E-state index contributed by atoms with van der Waals surface area (Å²) in [4.78, 5) is 3.07. The van der Waals surface area contributed by atoms with Gasteiger partial charge >= 0.3 is 0 Å². The zero-order valence-electron chi connectivity index (χ0n) is 34.6. The zero-order valence-corrected chi connectivity index (χ0v) is 34.6. The first-order valence-corrected chi connectivity index (χ1v) is 23.2. The maximum absolute atomic E-state index is 3.07. The molecule has 0 amide bonds. The van der Waals surface area contributed by atoms with E-state index in [0.29, 0.717) is 35.3 Å². The van der Waals surface area contributed by atoms with E-state index in [2.05, 4.69) is 146 Å². The van der Waals surface area contributed by atoms with Gasteiger partial charge in [-0.05, 0) is 158 Å². The van der Waals surface area contributed by atoms with Gasteiger partial charge in [-0.2, -0.15) is 0 Å². The minimum atomic E-state index is -0.0271. The predicted molar refractivity (Wildman–Crippen MR) is 239 cm³/mol. The molecule has 57 heavy (non-hydrogen) atoms. The van der Waals surface area contributed by atoms with Gasteiger partial charge in [-0.1, -0.05) is 146 Å². The molecule has 0 saturated heterocycles. The fourth-order valence-electron chi connectivity index (χ4n) is 14.5. The quantitative estimate of drug-likeness (QED) is 0.262. The number of hydrogen-bond acceptors (Lipinski definition) is 1. The van der Waals surface area contributed by atoms with Crippen molar-refractivity contribution in [3.63, 3.8) is 0 Å². The Morgan fingerprint density at radius 1 is 0.702 bits per heavy atom. The summed E-state index contributed by atoms with van der Waals surface area (Å²) in [6, 6.07) is 10.7. The molecule has 0 radical (unpaired) electrons. The van der Waals surface area contributed by atoms with Crippen molar-refractivity contribution in [1.29, 1.82) is 0 Å². The summed E-state index contributed by atoms with van der Waals surface area (Å²) in [5.74, 6) is 3.98.